The van der Waals surface area contributed by atoms with Crippen molar-refractivity contribution in [2.24, 2.45) is 5.92 Å². The van der Waals surface area contributed by atoms with Gasteiger partial charge in [0.2, 0.25) is 11.1 Å². The molecular formula is C7H12N4OS. The summed E-state index contributed by atoms with van der Waals surface area (Å²) in [6.45, 7) is 2.07. The lowest BCUT2D eigenvalue weighted by atomic mass is 10.1. The number of nitrogens with zero attached hydrogens (tertiary/aromatic N) is 3. The minimum atomic E-state index is 0.255. The van der Waals surface area contributed by atoms with E-state index in [0.717, 1.165) is 24.6 Å². The fraction of sp³-hybridized carbons (Fsp3) is 0.714. The molecule has 6 heteroatoms. The number of nitrogens with two attached hydrogens (primary N) is 1. The summed E-state index contributed by atoms with van der Waals surface area (Å²) >= 11 is 1.32. The van der Waals surface area contributed by atoms with Gasteiger partial charge in [0.25, 0.3) is 0 Å². The van der Waals surface area contributed by atoms with Crippen molar-refractivity contribution < 1.29 is 5.11 Å². The Bertz CT molecular complexity index is 290. The van der Waals surface area contributed by atoms with Crippen molar-refractivity contribution in [3.63, 3.8) is 0 Å². The Morgan fingerprint density at radius 2 is 2.54 bits per heavy atom. The largest absolute Gasteiger partial charge is 0.396 e. The van der Waals surface area contributed by atoms with Crippen LogP contribution >= 0.6 is 11.5 Å². The summed E-state index contributed by atoms with van der Waals surface area (Å²) in [4.78, 5) is 6.21. The number of rotatable bonds is 2. The van der Waals surface area contributed by atoms with Crippen LogP contribution in [0, 0.1) is 5.92 Å². The molecule has 1 aliphatic heterocycles. The molecule has 2 heterocycles. The van der Waals surface area contributed by atoms with Gasteiger partial charge in [-0.05, 0) is 6.42 Å². The predicted octanol–water partition coefficient (Wildman–Crippen LogP) is -0.0611. The lowest BCUT2D eigenvalue weighted by Gasteiger charge is -2.12. The number of anilines is 2. The maximum absolute atomic E-state index is 8.95. The van der Waals surface area contributed by atoms with Crippen molar-refractivity contribution in [3.8, 4) is 0 Å². The second-order valence-corrected chi connectivity index (χ2v) is 3.95. The number of hydrogen-bond donors (Lipinski definition) is 2. The van der Waals surface area contributed by atoms with Gasteiger partial charge in [-0.3, -0.25) is 0 Å². The van der Waals surface area contributed by atoms with Crippen LogP contribution in [0.2, 0.25) is 0 Å². The van der Waals surface area contributed by atoms with Crippen LogP contribution in [0.5, 0.6) is 0 Å². The average Bonchev–Trinajstić information content (AvgIpc) is 2.71. The molecule has 72 valence electrons. The Labute approximate surface area is 80.4 Å². The van der Waals surface area contributed by atoms with Crippen LogP contribution in [0.25, 0.3) is 0 Å². The number of aliphatic hydroxyl groups excluding tert-OH is 1. The molecule has 1 fully saturated rings. The van der Waals surface area contributed by atoms with Crippen LogP contribution < -0.4 is 10.6 Å². The molecule has 1 unspecified atom stereocenters. The first-order valence-electron chi connectivity index (χ1n) is 4.24. The summed E-state index contributed by atoms with van der Waals surface area (Å²) in [5.41, 5.74) is 5.43. The number of nitrogen functional groups attached to an aromatic ring is 1. The van der Waals surface area contributed by atoms with Crippen molar-refractivity contribution in [3.05, 3.63) is 0 Å². The molecule has 1 atom stereocenters. The van der Waals surface area contributed by atoms with Crippen LogP contribution in [0.15, 0.2) is 0 Å². The second-order valence-electron chi connectivity index (χ2n) is 3.22. The number of aromatic nitrogens is 2. The molecular weight excluding hydrogens is 188 g/mol. The monoisotopic (exact) mass is 200 g/mol. The van der Waals surface area contributed by atoms with E-state index >= 15 is 0 Å². The van der Waals surface area contributed by atoms with Gasteiger partial charge < -0.3 is 15.7 Å². The molecule has 2 rings (SSSR count). The molecule has 1 aliphatic rings. The van der Waals surface area contributed by atoms with Crippen LogP contribution in [0.3, 0.4) is 0 Å². The highest BCUT2D eigenvalue weighted by Crippen LogP contribution is 2.25. The van der Waals surface area contributed by atoms with Crippen LogP contribution in [0.4, 0.5) is 11.1 Å². The summed E-state index contributed by atoms with van der Waals surface area (Å²) in [5, 5.41) is 9.82. The maximum atomic E-state index is 8.95. The third-order valence-corrected chi connectivity index (χ3v) is 3.04. The standard InChI is InChI=1S/C7H12N4OS/c8-6-9-7(13-10-6)11-2-1-5(3-11)4-12/h5,12H,1-4H2,(H2,8,10). The van der Waals surface area contributed by atoms with E-state index in [4.69, 9.17) is 10.8 Å². The van der Waals surface area contributed by atoms with E-state index in [1.807, 2.05) is 0 Å². The highest BCUT2D eigenvalue weighted by Gasteiger charge is 2.23. The molecule has 1 saturated heterocycles. The molecule has 0 aliphatic carbocycles. The van der Waals surface area contributed by atoms with E-state index in [0.29, 0.717) is 11.9 Å². The minimum absolute atomic E-state index is 0.255. The van der Waals surface area contributed by atoms with E-state index < -0.39 is 0 Å². The Balaban J connectivity index is 2.03. The highest BCUT2D eigenvalue weighted by atomic mass is 32.1. The van der Waals surface area contributed by atoms with Gasteiger partial charge in [-0.2, -0.15) is 9.36 Å². The molecule has 0 aromatic carbocycles. The smallest absolute Gasteiger partial charge is 0.233 e. The van der Waals surface area contributed by atoms with Crippen LogP contribution in [-0.4, -0.2) is 34.2 Å². The molecule has 3 N–H and O–H groups in total. The van der Waals surface area contributed by atoms with Crippen molar-refractivity contribution >= 4 is 22.6 Å². The first-order valence-corrected chi connectivity index (χ1v) is 5.02. The van der Waals surface area contributed by atoms with E-state index in [9.17, 15) is 0 Å². The molecule has 0 amide bonds. The van der Waals surface area contributed by atoms with Crippen molar-refractivity contribution in [1.82, 2.24) is 9.36 Å². The lowest BCUT2D eigenvalue weighted by molar-refractivity contribution is 0.238. The Hall–Kier alpha value is -0.880. The highest BCUT2D eigenvalue weighted by molar-refractivity contribution is 7.09. The molecule has 0 bridgehead atoms. The first kappa shape index (κ1) is 8.71. The molecule has 13 heavy (non-hydrogen) atoms. The zero-order valence-corrected chi connectivity index (χ0v) is 8.00. The average molecular weight is 200 g/mol. The van der Waals surface area contributed by atoms with Gasteiger partial charge in [-0.15, -0.1) is 0 Å². The van der Waals surface area contributed by atoms with Gasteiger partial charge >= 0.3 is 0 Å². The zero-order valence-electron chi connectivity index (χ0n) is 7.18. The molecule has 1 aromatic rings. The van der Waals surface area contributed by atoms with Gasteiger partial charge in [-0.1, -0.05) is 0 Å². The van der Waals surface area contributed by atoms with E-state index in [1.165, 1.54) is 11.5 Å². The fourth-order valence-corrected chi connectivity index (χ4v) is 2.14. The van der Waals surface area contributed by atoms with E-state index in [-0.39, 0.29) is 6.61 Å². The number of hydrogen-bond acceptors (Lipinski definition) is 6. The summed E-state index contributed by atoms with van der Waals surface area (Å²) in [5.74, 6) is 0.720. The Morgan fingerprint density at radius 3 is 3.08 bits per heavy atom. The summed E-state index contributed by atoms with van der Waals surface area (Å²) in [7, 11) is 0. The first-order chi connectivity index (χ1) is 6.29. The zero-order chi connectivity index (χ0) is 9.26. The third-order valence-electron chi connectivity index (χ3n) is 2.25. The number of aliphatic hydroxyl groups is 1. The Kier molecular flexibility index (Phi) is 2.32. The Morgan fingerprint density at radius 1 is 1.69 bits per heavy atom. The lowest BCUT2D eigenvalue weighted by Crippen LogP contribution is -2.20. The van der Waals surface area contributed by atoms with E-state index in [2.05, 4.69) is 14.3 Å². The molecule has 0 saturated carbocycles. The molecule has 0 spiro atoms. The SMILES string of the molecule is Nc1nsc(N2CCC(CO)C2)n1. The van der Waals surface area contributed by atoms with Crippen molar-refractivity contribution in [2.75, 3.05) is 30.3 Å². The second kappa shape index (κ2) is 3.47. The summed E-state index contributed by atoms with van der Waals surface area (Å²) in [6.07, 6.45) is 1.02. The van der Waals surface area contributed by atoms with Crippen molar-refractivity contribution in [1.29, 1.82) is 0 Å². The topological polar surface area (TPSA) is 75.3 Å². The summed E-state index contributed by atoms with van der Waals surface area (Å²) < 4.78 is 3.92. The minimum Gasteiger partial charge on any atom is -0.396 e. The molecule has 0 radical (unpaired) electrons. The molecule has 5 nitrogen and oxygen atoms in total. The molecule has 1 aromatic heterocycles. The van der Waals surface area contributed by atoms with Gasteiger partial charge in [0, 0.05) is 37.1 Å². The van der Waals surface area contributed by atoms with Gasteiger partial charge in [0.15, 0.2) is 0 Å². The van der Waals surface area contributed by atoms with Crippen molar-refractivity contribution in [2.45, 2.75) is 6.42 Å². The predicted molar refractivity (Wildman–Crippen MR) is 51.7 cm³/mol. The van der Waals surface area contributed by atoms with Gasteiger partial charge in [0.05, 0.1) is 0 Å². The quantitative estimate of drug-likeness (QED) is 0.699. The third kappa shape index (κ3) is 1.73. The van der Waals surface area contributed by atoms with Gasteiger partial charge in [0.1, 0.15) is 0 Å². The van der Waals surface area contributed by atoms with Crippen LogP contribution in [-0.2, 0) is 0 Å². The maximum Gasteiger partial charge on any atom is 0.233 e. The van der Waals surface area contributed by atoms with Crippen LogP contribution in [0.1, 0.15) is 6.42 Å². The fourth-order valence-electron chi connectivity index (χ4n) is 1.51. The van der Waals surface area contributed by atoms with E-state index in [1.54, 1.807) is 0 Å². The van der Waals surface area contributed by atoms with Gasteiger partial charge in [-0.25, -0.2) is 0 Å². The summed E-state index contributed by atoms with van der Waals surface area (Å²) in [6, 6.07) is 0. The normalized spacial score (nSPS) is 22.5.